The molecule has 0 fully saturated rings. The van der Waals surface area contributed by atoms with Crippen LogP contribution in [0.1, 0.15) is 13.8 Å². The molecule has 1 rings (SSSR count). The number of carbonyl (C=O) groups is 1. The molecule has 124 valence electrons. The number of rotatable bonds is 7. The lowest BCUT2D eigenvalue weighted by Gasteiger charge is -2.18. The third kappa shape index (κ3) is 3.87. The van der Waals surface area contributed by atoms with E-state index in [1.807, 2.05) is 0 Å². The van der Waals surface area contributed by atoms with Crippen LogP contribution < -0.4 is 5.32 Å². The lowest BCUT2D eigenvalue weighted by atomic mass is 10.0. The van der Waals surface area contributed by atoms with Gasteiger partial charge in [-0.3, -0.25) is 30.3 Å². The molecule has 0 aliphatic carbocycles. The molecular formula is C11H12N4O8. The standard InChI is InChI=1S/C11H12N4O8/c1-5(2)9(11(16)17)12-10-7(14(20)21)3-6(13(18)19)4-8(10)15(22)23/h3-5,9,12H,1-2H3,(H,16,17)/t9-/m0/s1. The number of benzene rings is 1. The normalized spacial score (nSPS) is 11.8. The molecule has 1 atom stereocenters. The molecule has 0 aliphatic heterocycles. The molecule has 0 saturated carbocycles. The van der Waals surface area contributed by atoms with Gasteiger partial charge in [0.2, 0.25) is 0 Å². The molecule has 0 bridgehead atoms. The van der Waals surface area contributed by atoms with Gasteiger partial charge in [0.05, 0.1) is 26.9 Å². The van der Waals surface area contributed by atoms with E-state index < -0.39 is 55.4 Å². The maximum absolute atomic E-state index is 11.2. The minimum atomic E-state index is -1.37. The molecular weight excluding hydrogens is 316 g/mol. The van der Waals surface area contributed by atoms with Crippen LogP contribution in [0.5, 0.6) is 0 Å². The Balaban J connectivity index is 3.61. The number of nitrogens with one attached hydrogen (secondary N) is 1. The first-order chi connectivity index (χ1) is 10.6. The van der Waals surface area contributed by atoms with Gasteiger partial charge in [-0.25, -0.2) is 4.79 Å². The highest BCUT2D eigenvalue weighted by molar-refractivity contribution is 5.84. The third-order valence-corrected chi connectivity index (χ3v) is 2.92. The van der Waals surface area contributed by atoms with Gasteiger partial charge in [-0.2, -0.15) is 0 Å². The van der Waals surface area contributed by atoms with Gasteiger partial charge in [-0.1, -0.05) is 13.8 Å². The number of nitro benzene ring substituents is 3. The largest absolute Gasteiger partial charge is 0.480 e. The zero-order chi connectivity index (χ0) is 17.9. The summed E-state index contributed by atoms with van der Waals surface area (Å²) in [6.07, 6.45) is 0. The Kier molecular flexibility index (Phi) is 5.12. The van der Waals surface area contributed by atoms with Crippen LogP contribution >= 0.6 is 0 Å². The number of hydrogen-bond donors (Lipinski definition) is 2. The molecule has 0 heterocycles. The van der Waals surface area contributed by atoms with Gasteiger partial charge >= 0.3 is 17.3 Å². The topological polar surface area (TPSA) is 179 Å². The summed E-state index contributed by atoms with van der Waals surface area (Å²) in [6.45, 7) is 2.99. The second-order valence-electron chi connectivity index (χ2n) is 4.83. The van der Waals surface area contributed by atoms with E-state index in [-0.39, 0.29) is 0 Å². The summed E-state index contributed by atoms with van der Waals surface area (Å²) >= 11 is 0. The first-order valence-electron chi connectivity index (χ1n) is 6.16. The van der Waals surface area contributed by atoms with E-state index in [1.165, 1.54) is 13.8 Å². The Morgan fingerprint density at radius 3 is 1.74 bits per heavy atom. The molecule has 0 unspecified atom stereocenters. The fourth-order valence-corrected chi connectivity index (χ4v) is 1.81. The predicted octanol–water partition coefficient (Wildman–Crippen LogP) is 1.93. The molecule has 0 aliphatic rings. The van der Waals surface area contributed by atoms with Crippen LogP contribution in [0.2, 0.25) is 0 Å². The van der Waals surface area contributed by atoms with Crippen LogP contribution in [0.15, 0.2) is 12.1 Å². The van der Waals surface area contributed by atoms with E-state index in [2.05, 4.69) is 5.32 Å². The van der Waals surface area contributed by atoms with Crippen molar-refractivity contribution in [3.05, 3.63) is 42.5 Å². The van der Waals surface area contributed by atoms with Gasteiger partial charge in [-0.15, -0.1) is 0 Å². The zero-order valence-corrected chi connectivity index (χ0v) is 12.0. The van der Waals surface area contributed by atoms with Crippen molar-refractivity contribution in [3.8, 4) is 0 Å². The molecule has 1 aromatic carbocycles. The third-order valence-electron chi connectivity index (χ3n) is 2.92. The number of non-ortho nitro benzene ring substituents is 1. The van der Waals surface area contributed by atoms with Crippen LogP contribution in [-0.4, -0.2) is 31.9 Å². The summed E-state index contributed by atoms with van der Waals surface area (Å²) in [4.78, 5) is 40.9. The lowest BCUT2D eigenvalue weighted by Crippen LogP contribution is -2.34. The summed E-state index contributed by atoms with van der Waals surface area (Å²) in [6, 6.07) is -0.280. The van der Waals surface area contributed by atoms with Crippen molar-refractivity contribution in [2.24, 2.45) is 5.92 Å². The average Bonchev–Trinajstić information content (AvgIpc) is 2.42. The van der Waals surface area contributed by atoms with Gasteiger partial charge in [0.1, 0.15) is 6.04 Å². The monoisotopic (exact) mass is 328 g/mol. The van der Waals surface area contributed by atoms with E-state index in [0.29, 0.717) is 12.1 Å². The highest BCUT2D eigenvalue weighted by Crippen LogP contribution is 2.39. The molecule has 1 aromatic rings. The molecule has 2 N–H and O–H groups in total. The van der Waals surface area contributed by atoms with Gasteiger partial charge in [0.15, 0.2) is 5.69 Å². The summed E-state index contributed by atoms with van der Waals surface area (Å²) in [5.41, 5.74) is -3.42. The molecule has 12 heteroatoms. The number of nitrogens with zero attached hydrogens (tertiary/aromatic N) is 3. The molecule has 0 amide bonds. The van der Waals surface area contributed by atoms with Crippen LogP contribution in [0, 0.1) is 36.3 Å². The second-order valence-corrected chi connectivity index (χ2v) is 4.83. The Bertz CT molecular complexity index is 652. The van der Waals surface area contributed by atoms with Gasteiger partial charge in [-0.05, 0) is 5.92 Å². The van der Waals surface area contributed by atoms with Crippen molar-refractivity contribution in [1.29, 1.82) is 0 Å². The van der Waals surface area contributed by atoms with E-state index in [0.717, 1.165) is 0 Å². The molecule has 0 saturated heterocycles. The number of hydrogen-bond acceptors (Lipinski definition) is 8. The SMILES string of the molecule is CC(C)[C@H](Nc1c([N+](=O)[O-])cc([N+](=O)[O-])cc1[N+](=O)[O-])C(=O)O. The molecule has 0 spiro atoms. The van der Waals surface area contributed by atoms with Crippen LogP contribution in [0.4, 0.5) is 22.7 Å². The van der Waals surface area contributed by atoms with Crippen molar-refractivity contribution < 1.29 is 24.7 Å². The smallest absolute Gasteiger partial charge is 0.326 e. The van der Waals surface area contributed by atoms with Crippen LogP contribution in [-0.2, 0) is 4.79 Å². The van der Waals surface area contributed by atoms with Crippen LogP contribution in [0.25, 0.3) is 0 Å². The Morgan fingerprint density at radius 1 is 1.04 bits per heavy atom. The maximum atomic E-state index is 11.2. The highest BCUT2D eigenvalue weighted by Gasteiger charge is 2.34. The van der Waals surface area contributed by atoms with Gasteiger partial charge in [0.25, 0.3) is 5.69 Å². The summed E-state index contributed by atoms with van der Waals surface area (Å²) in [5, 5.41) is 44.2. The van der Waals surface area contributed by atoms with Gasteiger partial charge < -0.3 is 10.4 Å². The quantitative estimate of drug-likeness (QED) is 0.558. The Hall–Kier alpha value is -3.31. The number of carboxylic acid groups (broad SMARTS) is 1. The van der Waals surface area contributed by atoms with Gasteiger partial charge in [0, 0.05) is 0 Å². The van der Waals surface area contributed by atoms with E-state index in [9.17, 15) is 35.1 Å². The highest BCUT2D eigenvalue weighted by atomic mass is 16.6. The minimum absolute atomic E-state index is 0.536. The predicted molar refractivity (Wildman–Crippen MR) is 76.3 cm³/mol. The molecule has 0 radical (unpaired) electrons. The number of aliphatic carboxylic acids is 1. The number of carboxylic acids is 1. The van der Waals surface area contributed by atoms with Crippen molar-refractivity contribution in [3.63, 3.8) is 0 Å². The molecule has 23 heavy (non-hydrogen) atoms. The molecule has 12 nitrogen and oxygen atoms in total. The first kappa shape index (κ1) is 17.7. The maximum Gasteiger partial charge on any atom is 0.326 e. The summed E-state index contributed by atoms with van der Waals surface area (Å²) in [7, 11) is 0. The van der Waals surface area contributed by atoms with E-state index in [4.69, 9.17) is 5.11 Å². The van der Waals surface area contributed by atoms with Crippen molar-refractivity contribution in [2.75, 3.05) is 5.32 Å². The summed E-state index contributed by atoms with van der Waals surface area (Å²) in [5.74, 6) is -1.93. The Morgan fingerprint density at radius 2 is 1.48 bits per heavy atom. The van der Waals surface area contributed by atoms with Crippen molar-refractivity contribution >= 4 is 28.7 Å². The van der Waals surface area contributed by atoms with Crippen molar-refractivity contribution in [1.82, 2.24) is 0 Å². The average molecular weight is 328 g/mol. The first-order valence-corrected chi connectivity index (χ1v) is 6.16. The van der Waals surface area contributed by atoms with E-state index in [1.54, 1.807) is 0 Å². The van der Waals surface area contributed by atoms with E-state index >= 15 is 0 Å². The molecule has 0 aromatic heterocycles. The van der Waals surface area contributed by atoms with Crippen LogP contribution in [0.3, 0.4) is 0 Å². The number of nitro groups is 3. The Labute approximate surface area is 128 Å². The zero-order valence-electron chi connectivity index (χ0n) is 12.0. The summed E-state index contributed by atoms with van der Waals surface area (Å²) < 4.78 is 0. The fourth-order valence-electron chi connectivity index (χ4n) is 1.81. The minimum Gasteiger partial charge on any atom is -0.480 e. The van der Waals surface area contributed by atoms with Crippen molar-refractivity contribution in [2.45, 2.75) is 19.9 Å². The lowest BCUT2D eigenvalue weighted by molar-refractivity contribution is -0.401. The number of anilines is 1. The second kappa shape index (κ2) is 6.64. The fraction of sp³-hybridized carbons (Fsp3) is 0.364.